The number of pyridine rings is 1. The minimum absolute atomic E-state index is 0.0732. The molecule has 318 valence electrons. The van der Waals surface area contributed by atoms with Crippen molar-refractivity contribution in [2.75, 3.05) is 20.3 Å². The second kappa shape index (κ2) is 17.5. The number of ketones is 1. The Morgan fingerprint density at radius 2 is 1.80 bits per heavy atom. The lowest BCUT2D eigenvalue weighted by molar-refractivity contribution is -0.151. The van der Waals surface area contributed by atoms with E-state index in [4.69, 9.17) is 19.2 Å². The number of ether oxygens (including phenoxy) is 3. The SMILES string of the molecule is COc1cc2nc(-c3ccccc3)cc3c2cc1/C=C/CC[C@@H](C)COC(=O)C[C@H]1CCCCC/C=C\[C@@H]2C[C@@]2(C(=O)NS(=O)(=O)C2CC2)CC(=O)[C@@H]2C[C@H](CN2C1=O)O3. The molecule has 1 saturated heterocycles. The van der Waals surface area contributed by atoms with Crippen LogP contribution in [0.15, 0.2) is 66.8 Å². The van der Waals surface area contributed by atoms with E-state index in [0.717, 1.165) is 48.6 Å². The lowest BCUT2D eigenvalue weighted by Gasteiger charge is -2.29. The van der Waals surface area contributed by atoms with Crippen LogP contribution in [0.2, 0.25) is 0 Å². The van der Waals surface area contributed by atoms with Crippen LogP contribution in [0.1, 0.15) is 96.0 Å². The highest BCUT2D eigenvalue weighted by atomic mass is 32.2. The summed E-state index contributed by atoms with van der Waals surface area (Å²) in [4.78, 5) is 63.5. The summed E-state index contributed by atoms with van der Waals surface area (Å²) < 4.78 is 46.8. The first-order valence-corrected chi connectivity index (χ1v) is 23.1. The number of nitrogens with one attached hydrogen (secondary N) is 1. The van der Waals surface area contributed by atoms with Crippen LogP contribution < -0.4 is 14.2 Å². The molecule has 0 unspecified atom stereocenters. The summed E-state index contributed by atoms with van der Waals surface area (Å²) in [5.74, 6) is -1.55. The zero-order chi connectivity index (χ0) is 42.0. The van der Waals surface area contributed by atoms with E-state index in [2.05, 4.69) is 10.8 Å². The number of carbonyl (C=O) groups is 4. The van der Waals surface area contributed by atoms with Crippen molar-refractivity contribution in [1.82, 2.24) is 14.6 Å². The van der Waals surface area contributed by atoms with Crippen LogP contribution in [0.25, 0.3) is 28.2 Å². The summed E-state index contributed by atoms with van der Waals surface area (Å²) >= 11 is 0. The number of nitrogens with zero attached hydrogens (tertiary/aromatic N) is 2. The van der Waals surface area contributed by atoms with Crippen LogP contribution in [-0.4, -0.2) is 79.5 Å². The number of esters is 1. The molecular weight excluding hydrogens is 783 g/mol. The van der Waals surface area contributed by atoms with E-state index in [1.165, 1.54) is 0 Å². The van der Waals surface area contributed by atoms with E-state index < -0.39 is 50.6 Å². The van der Waals surface area contributed by atoms with Crippen LogP contribution in [0.4, 0.5) is 0 Å². The Bertz CT molecular complexity index is 2310. The van der Waals surface area contributed by atoms with Gasteiger partial charge < -0.3 is 19.1 Å². The third-order valence-corrected chi connectivity index (χ3v) is 14.7. The summed E-state index contributed by atoms with van der Waals surface area (Å²) in [7, 11) is -2.24. The van der Waals surface area contributed by atoms with Gasteiger partial charge in [0.2, 0.25) is 21.8 Å². The number of carbonyl (C=O) groups excluding carboxylic acids is 4. The van der Waals surface area contributed by atoms with Gasteiger partial charge >= 0.3 is 5.97 Å². The summed E-state index contributed by atoms with van der Waals surface area (Å²) in [6, 6.07) is 14.6. The van der Waals surface area contributed by atoms with Crippen LogP contribution in [0.3, 0.4) is 0 Å². The maximum atomic E-state index is 14.8. The second-order valence-electron chi connectivity index (χ2n) is 17.5. The van der Waals surface area contributed by atoms with Crippen molar-refractivity contribution in [2.24, 2.45) is 23.2 Å². The molecule has 0 radical (unpaired) electrons. The molecule has 6 atom stereocenters. The summed E-state index contributed by atoms with van der Waals surface area (Å²) in [6.45, 7) is 2.33. The van der Waals surface area contributed by atoms with E-state index in [1.54, 1.807) is 12.0 Å². The number of aromatic nitrogens is 1. The fourth-order valence-corrected chi connectivity index (χ4v) is 10.5. The van der Waals surface area contributed by atoms with Crippen LogP contribution in [-0.2, 0) is 33.9 Å². The van der Waals surface area contributed by atoms with E-state index >= 15 is 0 Å². The highest BCUT2D eigenvalue weighted by Crippen LogP contribution is 2.57. The van der Waals surface area contributed by atoms with Gasteiger partial charge in [0.15, 0.2) is 5.78 Å². The highest BCUT2D eigenvalue weighted by molar-refractivity contribution is 7.90. The first-order valence-electron chi connectivity index (χ1n) is 21.6. The summed E-state index contributed by atoms with van der Waals surface area (Å²) in [5, 5.41) is 0.138. The minimum Gasteiger partial charge on any atom is -0.496 e. The molecule has 13 heteroatoms. The van der Waals surface area contributed by atoms with Crippen LogP contribution in [0, 0.1) is 23.2 Å². The molecule has 12 nitrogen and oxygen atoms in total. The molecule has 2 aliphatic carbocycles. The quantitative estimate of drug-likeness (QED) is 0.204. The largest absolute Gasteiger partial charge is 0.496 e. The molecule has 1 aromatic heterocycles. The van der Waals surface area contributed by atoms with Gasteiger partial charge in [0, 0.05) is 47.4 Å². The van der Waals surface area contributed by atoms with Crippen molar-refractivity contribution in [3.63, 3.8) is 0 Å². The average molecular weight is 838 g/mol. The van der Waals surface area contributed by atoms with Gasteiger partial charge in [-0.05, 0) is 69.3 Å². The molecule has 60 heavy (non-hydrogen) atoms. The molecule has 2 amide bonds. The molecular formula is C47H55N3O9S. The number of sulfonamides is 1. The average Bonchev–Trinajstić information content (AvgIpc) is 4.17. The summed E-state index contributed by atoms with van der Waals surface area (Å²) in [6.07, 6.45) is 13.6. The normalized spacial score (nSPS) is 29.1. The van der Waals surface area contributed by atoms with E-state index in [-0.39, 0.29) is 55.9 Å². The van der Waals surface area contributed by atoms with E-state index in [1.807, 2.05) is 73.7 Å². The number of fused-ring (bicyclic) bond motifs is 4. The van der Waals surface area contributed by atoms with Gasteiger partial charge in [-0.2, -0.15) is 0 Å². The molecule has 5 aliphatic rings. The number of hydrogen-bond donors (Lipinski definition) is 1. The van der Waals surface area contributed by atoms with Crippen molar-refractivity contribution in [2.45, 2.75) is 108 Å². The van der Waals surface area contributed by atoms with Gasteiger partial charge in [-0.25, -0.2) is 13.4 Å². The number of benzene rings is 2. The molecule has 1 N–H and O–H groups in total. The third kappa shape index (κ3) is 9.16. The molecule has 2 saturated carbocycles. The lowest BCUT2D eigenvalue weighted by Crippen LogP contribution is -2.46. The molecule has 3 aromatic rings. The molecule has 5 bridgehead atoms. The standard InChI is InChI=1S/C47H55N3O9S/c1-30-13-11-12-16-32-21-37-39(25-42(32)57-2)48-38(31-14-8-6-9-15-31)24-43(37)59-35-23-40-41(51)27-47(46(54)49-60(55,56)36-19-20-36)26-34(47)18-10-5-3-4-7-17-33(22-44(52)58-29-30)45(53)50(40)28-35/h6,8-10,12,14-16,18,21,24-25,30,33-36,40H,3-5,7,11,13,17,19-20,22-23,26-29H2,1-2H3,(H,49,54)/b16-12+,18-10-/t30-,33-,34-,35-,40+,47-/m1/s1. The maximum absolute atomic E-state index is 14.8. The van der Waals surface area contributed by atoms with Gasteiger partial charge in [-0.15, -0.1) is 0 Å². The van der Waals surface area contributed by atoms with Crippen molar-refractivity contribution in [3.05, 3.63) is 72.3 Å². The van der Waals surface area contributed by atoms with Crippen LogP contribution in [0.5, 0.6) is 11.5 Å². The first-order chi connectivity index (χ1) is 28.9. The zero-order valence-corrected chi connectivity index (χ0v) is 35.3. The van der Waals surface area contributed by atoms with Crippen molar-refractivity contribution < 1.29 is 41.8 Å². The number of allylic oxidation sites excluding steroid dienone is 3. The van der Waals surface area contributed by atoms with Gasteiger partial charge in [-0.3, -0.25) is 23.9 Å². The molecule has 4 heterocycles. The Balaban J connectivity index is 1.19. The van der Waals surface area contributed by atoms with Crippen molar-refractivity contribution in [1.29, 1.82) is 0 Å². The maximum Gasteiger partial charge on any atom is 0.306 e. The Morgan fingerprint density at radius 1 is 0.983 bits per heavy atom. The minimum atomic E-state index is -3.86. The predicted molar refractivity (Wildman–Crippen MR) is 227 cm³/mol. The third-order valence-electron chi connectivity index (χ3n) is 12.9. The van der Waals surface area contributed by atoms with Crippen molar-refractivity contribution in [3.8, 4) is 22.8 Å². The first kappa shape index (κ1) is 41.7. The molecule has 0 spiro atoms. The second-order valence-corrected chi connectivity index (χ2v) is 19.4. The number of cyclic esters (lactones) is 1. The van der Waals surface area contributed by atoms with Crippen molar-refractivity contribution >= 4 is 50.6 Å². The summed E-state index contributed by atoms with van der Waals surface area (Å²) in [5.41, 5.74) is 1.79. The van der Waals surface area contributed by atoms with Crippen LogP contribution >= 0.6 is 0 Å². The number of hydrogen-bond acceptors (Lipinski definition) is 10. The monoisotopic (exact) mass is 837 g/mol. The lowest BCUT2D eigenvalue weighted by atomic mass is 9.90. The van der Waals surface area contributed by atoms with E-state index in [9.17, 15) is 27.6 Å². The fourth-order valence-electron chi connectivity index (χ4n) is 9.07. The molecule has 8 rings (SSSR count). The van der Waals surface area contributed by atoms with Gasteiger partial charge in [-0.1, -0.05) is 74.4 Å². The fraction of sp³-hybridized carbons (Fsp3) is 0.511. The number of Topliss-reactive ketones (excluding diaryl/α,β-unsaturated/α-hetero) is 1. The molecule has 3 fully saturated rings. The Kier molecular flexibility index (Phi) is 12.2. The predicted octanol–water partition coefficient (Wildman–Crippen LogP) is 7.35. The van der Waals surface area contributed by atoms with E-state index in [0.29, 0.717) is 54.8 Å². The Hall–Kier alpha value is -5.04. The number of methoxy groups -OCH3 is 1. The molecule has 2 aromatic carbocycles. The van der Waals surface area contributed by atoms with Gasteiger partial charge in [0.05, 0.1) is 54.6 Å². The highest BCUT2D eigenvalue weighted by Gasteiger charge is 2.61. The van der Waals surface area contributed by atoms with Gasteiger partial charge in [0.25, 0.3) is 0 Å². The Morgan fingerprint density at radius 3 is 2.58 bits per heavy atom. The smallest absolute Gasteiger partial charge is 0.306 e. The molecule has 3 aliphatic heterocycles. The Labute approximate surface area is 352 Å². The van der Waals surface area contributed by atoms with Gasteiger partial charge in [0.1, 0.15) is 17.6 Å². The zero-order valence-electron chi connectivity index (χ0n) is 34.5. The number of rotatable bonds is 5. The number of amides is 2. The topological polar surface area (TPSA) is 158 Å².